The molecule has 1 aliphatic rings. The molecule has 0 bridgehead atoms. The fraction of sp³-hybridized carbons (Fsp3) is 0.776. The monoisotopic (exact) mass is 942 g/mol. The first-order valence-electron chi connectivity index (χ1n) is 27.6. The summed E-state index contributed by atoms with van der Waals surface area (Å²) in [5.41, 5.74) is 0. The van der Waals surface area contributed by atoms with Crippen LogP contribution < -0.4 is 5.32 Å². The maximum atomic E-state index is 13.1. The Hall–Kier alpha value is -2.37. The molecule has 0 aromatic rings. The highest BCUT2D eigenvalue weighted by atomic mass is 16.7. The maximum Gasteiger partial charge on any atom is 0.220 e. The Kier molecular flexibility index (Phi) is 44.2. The molecule has 388 valence electrons. The molecule has 1 fully saturated rings. The van der Waals surface area contributed by atoms with Crippen molar-refractivity contribution in [3.8, 4) is 0 Å². The van der Waals surface area contributed by atoms with Crippen LogP contribution in [0.4, 0.5) is 0 Å². The number of aliphatic hydroxyl groups is 5. The van der Waals surface area contributed by atoms with Gasteiger partial charge in [0.15, 0.2) is 6.29 Å². The lowest BCUT2D eigenvalue weighted by Crippen LogP contribution is -2.60. The Morgan fingerprint density at radius 1 is 0.522 bits per heavy atom. The second-order valence-electron chi connectivity index (χ2n) is 19.0. The van der Waals surface area contributed by atoms with Crippen molar-refractivity contribution in [3.05, 3.63) is 72.9 Å². The molecule has 0 spiro atoms. The number of carbonyl (C=O) groups excluding carboxylic acids is 1. The minimum atomic E-state index is -1.56. The molecule has 0 aliphatic carbocycles. The van der Waals surface area contributed by atoms with Gasteiger partial charge < -0.3 is 40.3 Å². The van der Waals surface area contributed by atoms with Gasteiger partial charge in [0.2, 0.25) is 5.91 Å². The fourth-order valence-electron chi connectivity index (χ4n) is 8.46. The summed E-state index contributed by atoms with van der Waals surface area (Å²) in [7, 11) is 0. The number of rotatable bonds is 46. The molecule has 6 N–H and O–H groups in total. The number of nitrogens with one attached hydrogen (secondary N) is 1. The van der Waals surface area contributed by atoms with E-state index in [0.29, 0.717) is 12.8 Å². The van der Waals surface area contributed by atoms with Gasteiger partial charge in [0, 0.05) is 6.42 Å². The van der Waals surface area contributed by atoms with Crippen LogP contribution >= 0.6 is 0 Å². The van der Waals surface area contributed by atoms with Crippen LogP contribution in [0.3, 0.4) is 0 Å². The van der Waals surface area contributed by atoms with Gasteiger partial charge in [-0.2, -0.15) is 0 Å². The lowest BCUT2D eigenvalue weighted by Gasteiger charge is -2.40. The van der Waals surface area contributed by atoms with Crippen LogP contribution in [0.5, 0.6) is 0 Å². The highest BCUT2D eigenvalue weighted by molar-refractivity contribution is 5.76. The number of carbonyl (C=O) groups is 1. The molecule has 7 unspecified atom stereocenters. The summed E-state index contributed by atoms with van der Waals surface area (Å²) >= 11 is 0. The zero-order valence-corrected chi connectivity index (χ0v) is 42.9. The van der Waals surface area contributed by atoms with E-state index >= 15 is 0 Å². The van der Waals surface area contributed by atoms with Crippen LogP contribution in [0, 0.1) is 0 Å². The van der Waals surface area contributed by atoms with Crippen LogP contribution in [0.15, 0.2) is 72.9 Å². The van der Waals surface area contributed by atoms with Gasteiger partial charge in [0.05, 0.1) is 25.4 Å². The number of amides is 1. The number of hydrogen-bond donors (Lipinski definition) is 6. The Bertz CT molecular complexity index is 1280. The molecule has 0 saturated carbocycles. The molecule has 9 nitrogen and oxygen atoms in total. The predicted molar refractivity (Wildman–Crippen MR) is 281 cm³/mol. The van der Waals surface area contributed by atoms with Crippen molar-refractivity contribution in [1.29, 1.82) is 0 Å². The van der Waals surface area contributed by atoms with Crippen molar-refractivity contribution >= 4 is 5.91 Å². The average Bonchev–Trinajstić information content (AvgIpc) is 3.33. The van der Waals surface area contributed by atoms with Crippen molar-refractivity contribution in [3.63, 3.8) is 0 Å². The molecule has 1 saturated heterocycles. The molecule has 67 heavy (non-hydrogen) atoms. The Morgan fingerprint density at radius 2 is 0.925 bits per heavy atom. The Morgan fingerprint density at radius 3 is 1.37 bits per heavy atom. The standard InChI is InChI=1S/C58H103NO8/c1-3-5-7-9-11-13-15-17-19-20-21-22-23-24-25-26-27-28-29-30-31-32-34-36-38-40-42-44-46-48-54(62)59-51(50-66-58-57(65)56(64)55(63)53(49-60)67-58)52(61)47-45-43-41-39-37-35-33-18-16-14-12-10-8-6-4-2/h5,7,11,13,17,19,21-22,24-25,27-28,51-53,55-58,60-61,63-65H,3-4,6,8-10,12,14-16,18,20,23,26,29-50H2,1-2H3,(H,59,62)/b7-5-,13-11-,19-17-,22-21-,25-24-,28-27-. The molecule has 0 aromatic carbocycles. The van der Waals surface area contributed by atoms with Crippen molar-refractivity contribution < 1.29 is 39.8 Å². The molecule has 0 radical (unpaired) electrons. The highest BCUT2D eigenvalue weighted by Crippen LogP contribution is 2.23. The summed E-state index contributed by atoms with van der Waals surface area (Å²) in [6, 6.07) is -0.725. The highest BCUT2D eigenvalue weighted by Gasteiger charge is 2.44. The van der Waals surface area contributed by atoms with Gasteiger partial charge in [0.25, 0.3) is 0 Å². The molecule has 7 atom stereocenters. The third kappa shape index (κ3) is 37.2. The molecule has 0 aromatic heterocycles. The van der Waals surface area contributed by atoms with Gasteiger partial charge in [-0.25, -0.2) is 0 Å². The smallest absolute Gasteiger partial charge is 0.220 e. The van der Waals surface area contributed by atoms with Gasteiger partial charge in [-0.15, -0.1) is 0 Å². The number of allylic oxidation sites excluding steroid dienone is 12. The van der Waals surface area contributed by atoms with Crippen molar-refractivity contribution in [2.24, 2.45) is 0 Å². The quantitative estimate of drug-likeness (QED) is 0.0261. The van der Waals surface area contributed by atoms with E-state index < -0.39 is 49.5 Å². The lowest BCUT2D eigenvalue weighted by atomic mass is 9.99. The Labute approximate surface area is 410 Å². The van der Waals surface area contributed by atoms with Crippen LogP contribution in [0.2, 0.25) is 0 Å². The molecule has 1 heterocycles. The van der Waals surface area contributed by atoms with Crippen LogP contribution in [-0.4, -0.2) is 87.5 Å². The molecular weight excluding hydrogens is 839 g/mol. The second-order valence-corrected chi connectivity index (χ2v) is 19.0. The number of hydrogen-bond acceptors (Lipinski definition) is 8. The number of unbranched alkanes of at least 4 members (excludes halogenated alkanes) is 24. The van der Waals surface area contributed by atoms with E-state index in [-0.39, 0.29) is 12.5 Å². The zero-order chi connectivity index (χ0) is 48.7. The average molecular weight is 942 g/mol. The van der Waals surface area contributed by atoms with E-state index in [2.05, 4.69) is 92.1 Å². The summed E-state index contributed by atoms with van der Waals surface area (Å²) in [6.07, 6.45) is 57.7. The zero-order valence-electron chi connectivity index (χ0n) is 42.9. The van der Waals surface area contributed by atoms with Gasteiger partial charge in [-0.1, -0.05) is 234 Å². The molecular formula is C58H103NO8. The van der Waals surface area contributed by atoms with Crippen LogP contribution in [-0.2, 0) is 14.3 Å². The molecule has 1 amide bonds. The lowest BCUT2D eigenvalue weighted by molar-refractivity contribution is -0.302. The third-order valence-corrected chi connectivity index (χ3v) is 12.8. The summed E-state index contributed by atoms with van der Waals surface area (Å²) in [4.78, 5) is 13.1. The third-order valence-electron chi connectivity index (χ3n) is 12.8. The molecule has 9 heteroatoms. The molecule has 1 rings (SSSR count). The summed E-state index contributed by atoms with van der Waals surface area (Å²) in [6.45, 7) is 3.72. The van der Waals surface area contributed by atoms with Crippen molar-refractivity contribution in [1.82, 2.24) is 5.32 Å². The fourth-order valence-corrected chi connectivity index (χ4v) is 8.46. The van der Waals surface area contributed by atoms with E-state index in [1.807, 2.05) is 0 Å². The SMILES string of the molecule is CC/C=C\C/C=C\C/C=C\C/C=C\C/C=C\C/C=C\CCCCCCCCCCCCC(=O)NC(COC1OC(CO)C(O)C(O)C1O)C(O)CCCCCCCCCCCCCCCCC. The van der Waals surface area contributed by atoms with E-state index in [9.17, 15) is 30.3 Å². The topological polar surface area (TPSA) is 149 Å². The summed E-state index contributed by atoms with van der Waals surface area (Å²) in [5, 5.41) is 54.6. The van der Waals surface area contributed by atoms with E-state index in [1.165, 1.54) is 122 Å². The second kappa shape index (κ2) is 47.3. The molecule has 1 aliphatic heterocycles. The van der Waals surface area contributed by atoms with Crippen molar-refractivity contribution in [2.45, 2.75) is 275 Å². The van der Waals surface area contributed by atoms with Crippen molar-refractivity contribution in [2.75, 3.05) is 13.2 Å². The first-order valence-corrected chi connectivity index (χ1v) is 27.6. The van der Waals surface area contributed by atoms with Gasteiger partial charge >= 0.3 is 0 Å². The van der Waals surface area contributed by atoms with Gasteiger partial charge in [-0.3, -0.25) is 4.79 Å². The normalized spacial score (nSPS) is 20.3. The summed E-state index contributed by atoms with van der Waals surface area (Å²) in [5.74, 6) is -0.151. The first kappa shape index (κ1) is 62.6. The minimum Gasteiger partial charge on any atom is -0.394 e. The predicted octanol–water partition coefficient (Wildman–Crippen LogP) is 13.3. The number of ether oxygens (including phenoxy) is 2. The van der Waals surface area contributed by atoms with Crippen LogP contribution in [0.1, 0.15) is 232 Å². The summed E-state index contributed by atoms with van der Waals surface area (Å²) < 4.78 is 11.3. The van der Waals surface area contributed by atoms with Gasteiger partial charge in [-0.05, 0) is 64.2 Å². The van der Waals surface area contributed by atoms with E-state index in [4.69, 9.17) is 9.47 Å². The minimum absolute atomic E-state index is 0.142. The maximum absolute atomic E-state index is 13.1. The largest absolute Gasteiger partial charge is 0.394 e. The first-order chi connectivity index (χ1) is 32.8. The Balaban J connectivity index is 2.21. The van der Waals surface area contributed by atoms with Crippen LogP contribution in [0.25, 0.3) is 0 Å². The van der Waals surface area contributed by atoms with Gasteiger partial charge in [0.1, 0.15) is 24.4 Å². The van der Waals surface area contributed by atoms with E-state index in [0.717, 1.165) is 83.5 Å². The van der Waals surface area contributed by atoms with E-state index in [1.54, 1.807) is 0 Å². The number of aliphatic hydroxyl groups excluding tert-OH is 5.